The summed E-state index contributed by atoms with van der Waals surface area (Å²) in [7, 11) is 0. The van der Waals surface area contributed by atoms with Crippen molar-refractivity contribution >= 4 is 18.3 Å². The number of anilines is 1. The highest BCUT2D eigenvalue weighted by Gasteiger charge is 2.14. The molecular weight excluding hydrogens is 329 g/mol. The first-order valence-electron chi connectivity index (χ1n) is 9.24. The molecule has 0 amide bonds. The highest BCUT2D eigenvalue weighted by atomic mass is 32.1. The van der Waals surface area contributed by atoms with E-state index in [0.717, 1.165) is 35.0 Å². The normalized spacial score (nSPS) is 15.6. The molecule has 0 aromatic heterocycles. The standard InChI is InChI=1S/C15H20FN.C7H12S/c1-12(11-13-5-3-2-4-6-13)17-15-9-7-14(16)8-10-15;1-3-4-5-6-7(2)8/h7-10,13,17H,1-6,11H2;4-6,8H,3H2,1-2H3/b;5-4-,7-6+. The van der Waals surface area contributed by atoms with Crippen molar-refractivity contribution in [1.82, 2.24) is 0 Å². The van der Waals surface area contributed by atoms with Crippen LogP contribution in [0.1, 0.15) is 58.8 Å². The zero-order valence-corrected chi connectivity index (χ0v) is 16.5. The first kappa shape index (κ1) is 21.6. The van der Waals surface area contributed by atoms with Crippen LogP contribution in [0.3, 0.4) is 0 Å². The van der Waals surface area contributed by atoms with Gasteiger partial charge in [-0.05, 0) is 54.9 Å². The first-order chi connectivity index (χ1) is 12.0. The van der Waals surface area contributed by atoms with Crippen molar-refractivity contribution in [3.8, 4) is 0 Å². The van der Waals surface area contributed by atoms with Crippen molar-refractivity contribution < 1.29 is 4.39 Å². The fourth-order valence-corrected chi connectivity index (χ4v) is 2.96. The molecule has 138 valence electrons. The fraction of sp³-hybridized carbons (Fsp3) is 0.455. The number of halogens is 1. The highest BCUT2D eigenvalue weighted by Crippen LogP contribution is 2.28. The van der Waals surface area contributed by atoms with Crippen LogP contribution in [-0.2, 0) is 0 Å². The third-order valence-electron chi connectivity index (χ3n) is 4.13. The SMILES string of the molecule is C=C(CC1CCCCC1)Nc1ccc(F)cc1.CC/C=C\C=C(/C)S. The van der Waals surface area contributed by atoms with Gasteiger partial charge in [0.25, 0.3) is 0 Å². The summed E-state index contributed by atoms with van der Waals surface area (Å²) in [6, 6.07) is 6.44. The summed E-state index contributed by atoms with van der Waals surface area (Å²) < 4.78 is 12.7. The third kappa shape index (κ3) is 10.9. The zero-order valence-electron chi connectivity index (χ0n) is 15.6. The van der Waals surface area contributed by atoms with E-state index in [1.165, 1.54) is 44.2 Å². The Balaban J connectivity index is 0.000000333. The van der Waals surface area contributed by atoms with Crippen LogP contribution in [0.25, 0.3) is 0 Å². The second-order valence-electron chi connectivity index (χ2n) is 6.59. The zero-order chi connectivity index (χ0) is 18.5. The van der Waals surface area contributed by atoms with Crippen molar-refractivity contribution in [2.45, 2.75) is 58.8 Å². The van der Waals surface area contributed by atoms with Crippen LogP contribution in [0.5, 0.6) is 0 Å². The summed E-state index contributed by atoms with van der Waals surface area (Å²) in [5, 5.41) is 3.26. The number of benzene rings is 1. The summed E-state index contributed by atoms with van der Waals surface area (Å²) in [6.07, 6.45) is 15.0. The molecule has 25 heavy (non-hydrogen) atoms. The fourth-order valence-electron chi connectivity index (χ4n) is 2.87. The smallest absolute Gasteiger partial charge is 0.123 e. The number of allylic oxidation sites excluding steroid dienone is 5. The van der Waals surface area contributed by atoms with Gasteiger partial charge in [0.1, 0.15) is 5.82 Å². The summed E-state index contributed by atoms with van der Waals surface area (Å²) in [6.45, 7) is 8.13. The van der Waals surface area contributed by atoms with E-state index in [0.29, 0.717) is 0 Å². The minimum atomic E-state index is -0.201. The molecule has 0 saturated heterocycles. The maximum absolute atomic E-state index is 12.7. The summed E-state index contributed by atoms with van der Waals surface area (Å²) >= 11 is 4.08. The molecule has 0 radical (unpaired) electrons. The molecule has 1 aromatic rings. The van der Waals surface area contributed by atoms with Gasteiger partial charge in [0.2, 0.25) is 0 Å². The largest absolute Gasteiger partial charge is 0.359 e. The minimum Gasteiger partial charge on any atom is -0.359 e. The molecule has 0 heterocycles. The third-order valence-corrected chi connectivity index (χ3v) is 4.28. The van der Waals surface area contributed by atoms with E-state index < -0.39 is 0 Å². The van der Waals surface area contributed by atoms with E-state index in [1.807, 2.05) is 19.1 Å². The molecule has 1 fully saturated rings. The summed E-state index contributed by atoms with van der Waals surface area (Å²) in [5.74, 6) is 0.581. The van der Waals surface area contributed by atoms with Crippen molar-refractivity contribution in [3.63, 3.8) is 0 Å². The molecule has 1 aliphatic carbocycles. The van der Waals surface area contributed by atoms with Crippen molar-refractivity contribution in [2.75, 3.05) is 5.32 Å². The summed E-state index contributed by atoms with van der Waals surface area (Å²) in [5.41, 5.74) is 1.97. The van der Waals surface area contributed by atoms with Gasteiger partial charge in [0.05, 0.1) is 0 Å². The molecule has 0 unspecified atom stereocenters. The molecule has 1 N–H and O–H groups in total. The van der Waals surface area contributed by atoms with E-state index in [4.69, 9.17) is 0 Å². The Labute approximate surface area is 158 Å². The molecule has 0 aliphatic heterocycles. The van der Waals surface area contributed by atoms with Gasteiger partial charge in [0, 0.05) is 11.4 Å². The van der Waals surface area contributed by atoms with Crippen LogP contribution in [0.4, 0.5) is 10.1 Å². The van der Waals surface area contributed by atoms with Gasteiger partial charge in [-0.15, -0.1) is 12.6 Å². The maximum atomic E-state index is 12.7. The first-order valence-corrected chi connectivity index (χ1v) is 9.68. The van der Waals surface area contributed by atoms with Crippen LogP contribution < -0.4 is 5.32 Å². The number of thiol groups is 1. The quantitative estimate of drug-likeness (QED) is 0.394. The van der Waals surface area contributed by atoms with E-state index in [2.05, 4.69) is 37.5 Å². The highest BCUT2D eigenvalue weighted by molar-refractivity contribution is 7.84. The lowest BCUT2D eigenvalue weighted by Gasteiger charge is -2.22. The molecule has 1 nitrogen and oxygen atoms in total. The van der Waals surface area contributed by atoms with Crippen LogP contribution in [0.15, 0.2) is 59.7 Å². The van der Waals surface area contributed by atoms with Gasteiger partial charge in [0.15, 0.2) is 0 Å². The maximum Gasteiger partial charge on any atom is 0.123 e. The van der Waals surface area contributed by atoms with Gasteiger partial charge in [-0.2, -0.15) is 0 Å². The number of nitrogens with one attached hydrogen (secondary N) is 1. The lowest BCUT2D eigenvalue weighted by molar-refractivity contribution is 0.357. The second-order valence-corrected chi connectivity index (χ2v) is 7.29. The Morgan fingerprint density at radius 3 is 2.44 bits per heavy atom. The van der Waals surface area contributed by atoms with Crippen LogP contribution in [0, 0.1) is 11.7 Å². The predicted octanol–water partition coefficient (Wildman–Crippen LogP) is 7.51. The molecule has 0 spiro atoms. The molecular formula is C22H32FNS. The summed E-state index contributed by atoms with van der Waals surface area (Å²) in [4.78, 5) is 1.05. The molecule has 3 heteroatoms. The Morgan fingerprint density at radius 1 is 1.24 bits per heavy atom. The molecule has 1 aromatic carbocycles. The Morgan fingerprint density at radius 2 is 1.88 bits per heavy atom. The van der Waals surface area contributed by atoms with E-state index >= 15 is 0 Å². The molecule has 0 atom stereocenters. The van der Waals surface area contributed by atoms with E-state index in [-0.39, 0.29) is 5.82 Å². The average molecular weight is 362 g/mol. The predicted molar refractivity (Wildman–Crippen MR) is 113 cm³/mol. The Bertz CT molecular complexity index is 550. The second kappa shape index (κ2) is 12.8. The number of hydrogen-bond acceptors (Lipinski definition) is 2. The van der Waals surface area contributed by atoms with Gasteiger partial charge in [-0.3, -0.25) is 0 Å². The Hall–Kier alpha value is -1.48. The monoisotopic (exact) mass is 361 g/mol. The van der Waals surface area contributed by atoms with E-state index in [9.17, 15) is 4.39 Å². The number of hydrogen-bond donors (Lipinski definition) is 2. The van der Waals surface area contributed by atoms with Crippen molar-refractivity contribution in [2.24, 2.45) is 5.92 Å². The van der Waals surface area contributed by atoms with Gasteiger partial charge in [-0.1, -0.05) is 63.8 Å². The lowest BCUT2D eigenvalue weighted by Crippen LogP contribution is -2.10. The molecule has 0 bridgehead atoms. The number of rotatable bonds is 6. The molecule has 2 rings (SSSR count). The van der Waals surface area contributed by atoms with Crippen LogP contribution >= 0.6 is 12.6 Å². The Kier molecular flexibility index (Phi) is 11.1. The lowest BCUT2D eigenvalue weighted by atomic mass is 9.86. The van der Waals surface area contributed by atoms with Crippen LogP contribution in [-0.4, -0.2) is 0 Å². The average Bonchev–Trinajstić information content (AvgIpc) is 2.58. The van der Waals surface area contributed by atoms with Crippen molar-refractivity contribution in [3.05, 3.63) is 65.5 Å². The van der Waals surface area contributed by atoms with Crippen LogP contribution in [0.2, 0.25) is 0 Å². The van der Waals surface area contributed by atoms with Gasteiger partial charge >= 0.3 is 0 Å². The van der Waals surface area contributed by atoms with Crippen molar-refractivity contribution in [1.29, 1.82) is 0 Å². The molecule has 1 saturated carbocycles. The molecule has 1 aliphatic rings. The topological polar surface area (TPSA) is 12.0 Å². The van der Waals surface area contributed by atoms with Gasteiger partial charge < -0.3 is 5.32 Å². The minimum absolute atomic E-state index is 0.201. The van der Waals surface area contributed by atoms with E-state index in [1.54, 1.807) is 12.1 Å². The van der Waals surface area contributed by atoms with Gasteiger partial charge in [-0.25, -0.2) is 4.39 Å².